The summed E-state index contributed by atoms with van der Waals surface area (Å²) in [6.07, 6.45) is 1.71. The second kappa shape index (κ2) is 5.58. The zero-order valence-electron chi connectivity index (χ0n) is 10.5. The van der Waals surface area contributed by atoms with E-state index in [9.17, 15) is 8.42 Å². The van der Waals surface area contributed by atoms with Gasteiger partial charge in [-0.2, -0.15) is 0 Å². The molecule has 0 spiro atoms. The van der Waals surface area contributed by atoms with Crippen LogP contribution in [0, 0.1) is 5.92 Å². The van der Waals surface area contributed by atoms with Crippen LogP contribution in [0.15, 0.2) is 17.0 Å². The molecule has 0 aromatic heterocycles. The third-order valence-electron chi connectivity index (χ3n) is 3.31. The maximum Gasteiger partial charge on any atom is 0.242 e. The highest BCUT2D eigenvalue weighted by Gasteiger charge is 2.31. The SMILES string of the molecule is CC1CC(NS(=O)(=O)c2cc(CN)c(Cl)cc2Cl)C1. The van der Waals surface area contributed by atoms with Crippen LogP contribution in [-0.4, -0.2) is 14.5 Å². The number of hydrogen-bond donors (Lipinski definition) is 2. The molecule has 19 heavy (non-hydrogen) atoms. The topological polar surface area (TPSA) is 72.2 Å². The predicted molar refractivity (Wildman–Crippen MR) is 76.9 cm³/mol. The van der Waals surface area contributed by atoms with Crippen molar-refractivity contribution in [3.05, 3.63) is 27.7 Å². The summed E-state index contributed by atoms with van der Waals surface area (Å²) in [7, 11) is -3.62. The lowest BCUT2D eigenvalue weighted by Gasteiger charge is -2.33. The minimum Gasteiger partial charge on any atom is -0.326 e. The highest BCUT2D eigenvalue weighted by Crippen LogP contribution is 2.31. The average Bonchev–Trinajstić information content (AvgIpc) is 2.26. The van der Waals surface area contributed by atoms with Crippen molar-refractivity contribution in [1.82, 2.24) is 4.72 Å². The van der Waals surface area contributed by atoms with Gasteiger partial charge in [-0.25, -0.2) is 13.1 Å². The molecule has 0 amide bonds. The van der Waals surface area contributed by atoms with Crippen LogP contribution in [0.5, 0.6) is 0 Å². The van der Waals surface area contributed by atoms with Gasteiger partial charge in [0, 0.05) is 17.6 Å². The Hall–Kier alpha value is -0.330. The van der Waals surface area contributed by atoms with E-state index in [2.05, 4.69) is 11.6 Å². The van der Waals surface area contributed by atoms with Gasteiger partial charge < -0.3 is 5.73 Å². The van der Waals surface area contributed by atoms with Crippen LogP contribution in [0.2, 0.25) is 10.0 Å². The maximum atomic E-state index is 12.3. The molecule has 0 heterocycles. The molecule has 1 aliphatic carbocycles. The van der Waals surface area contributed by atoms with E-state index < -0.39 is 10.0 Å². The molecule has 3 N–H and O–H groups in total. The lowest BCUT2D eigenvalue weighted by atomic mass is 9.83. The van der Waals surface area contributed by atoms with E-state index in [-0.39, 0.29) is 22.5 Å². The molecule has 1 aliphatic rings. The van der Waals surface area contributed by atoms with Crippen molar-refractivity contribution in [2.75, 3.05) is 0 Å². The van der Waals surface area contributed by atoms with Gasteiger partial charge in [0.05, 0.1) is 5.02 Å². The summed E-state index contributed by atoms with van der Waals surface area (Å²) in [6.45, 7) is 2.26. The molecule has 1 aromatic rings. The Kier molecular flexibility index (Phi) is 4.42. The lowest BCUT2D eigenvalue weighted by molar-refractivity contribution is 0.270. The standard InChI is InChI=1S/C12H16Cl2N2O2S/c1-7-2-9(3-7)16-19(17,18)12-4-8(6-15)10(13)5-11(12)14/h4-5,7,9,16H,2-3,6,15H2,1H3. The Morgan fingerprint density at radius 2 is 1.95 bits per heavy atom. The number of benzene rings is 1. The number of nitrogens with one attached hydrogen (secondary N) is 1. The van der Waals surface area contributed by atoms with Crippen molar-refractivity contribution in [1.29, 1.82) is 0 Å². The van der Waals surface area contributed by atoms with Gasteiger partial charge >= 0.3 is 0 Å². The van der Waals surface area contributed by atoms with E-state index in [4.69, 9.17) is 28.9 Å². The number of nitrogens with two attached hydrogens (primary N) is 1. The Balaban J connectivity index is 2.29. The van der Waals surface area contributed by atoms with Crippen molar-refractivity contribution in [3.63, 3.8) is 0 Å². The molecule has 0 saturated heterocycles. The molecule has 0 radical (unpaired) electrons. The van der Waals surface area contributed by atoms with Gasteiger partial charge in [0.15, 0.2) is 0 Å². The molecule has 0 aliphatic heterocycles. The van der Waals surface area contributed by atoms with Crippen LogP contribution in [0.4, 0.5) is 0 Å². The third kappa shape index (κ3) is 3.23. The van der Waals surface area contributed by atoms with Crippen molar-refractivity contribution in [2.45, 2.75) is 37.2 Å². The van der Waals surface area contributed by atoms with Crippen LogP contribution in [0.25, 0.3) is 0 Å². The Morgan fingerprint density at radius 1 is 1.32 bits per heavy atom. The fourth-order valence-electron chi connectivity index (χ4n) is 2.22. The fourth-order valence-corrected chi connectivity index (χ4v) is 4.35. The summed E-state index contributed by atoms with van der Waals surface area (Å²) in [5, 5.41) is 0.491. The maximum absolute atomic E-state index is 12.3. The van der Waals surface area contributed by atoms with E-state index in [0.717, 1.165) is 12.8 Å². The van der Waals surface area contributed by atoms with Crippen LogP contribution >= 0.6 is 23.2 Å². The van der Waals surface area contributed by atoms with E-state index in [0.29, 0.717) is 16.5 Å². The molecular formula is C12H16Cl2N2O2S. The van der Waals surface area contributed by atoms with Crippen molar-refractivity contribution in [3.8, 4) is 0 Å². The summed E-state index contributed by atoms with van der Waals surface area (Å²) < 4.78 is 27.2. The predicted octanol–water partition coefficient (Wildman–Crippen LogP) is 2.53. The van der Waals surface area contributed by atoms with E-state index in [1.807, 2.05) is 0 Å². The first kappa shape index (κ1) is 15.1. The third-order valence-corrected chi connectivity index (χ3v) is 5.64. The van der Waals surface area contributed by atoms with Gasteiger partial charge in [-0.1, -0.05) is 30.1 Å². The number of sulfonamides is 1. The van der Waals surface area contributed by atoms with Crippen molar-refractivity contribution >= 4 is 33.2 Å². The zero-order valence-corrected chi connectivity index (χ0v) is 12.8. The van der Waals surface area contributed by atoms with E-state index >= 15 is 0 Å². The summed E-state index contributed by atoms with van der Waals surface area (Å²) >= 11 is 11.9. The van der Waals surface area contributed by atoms with E-state index in [1.165, 1.54) is 12.1 Å². The molecule has 7 heteroatoms. The molecule has 106 valence electrons. The highest BCUT2D eigenvalue weighted by atomic mass is 35.5. The summed E-state index contributed by atoms with van der Waals surface area (Å²) in [5.41, 5.74) is 6.09. The second-order valence-electron chi connectivity index (χ2n) is 4.97. The molecule has 1 aromatic carbocycles. The van der Waals surface area contributed by atoms with Crippen LogP contribution in [0.1, 0.15) is 25.3 Å². The van der Waals surface area contributed by atoms with Crippen LogP contribution in [-0.2, 0) is 16.6 Å². The molecule has 0 atom stereocenters. The van der Waals surface area contributed by atoms with E-state index in [1.54, 1.807) is 0 Å². The lowest BCUT2D eigenvalue weighted by Crippen LogP contribution is -2.43. The first-order chi connectivity index (χ1) is 8.83. The second-order valence-corrected chi connectivity index (χ2v) is 7.47. The largest absolute Gasteiger partial charge is 0.326 e. The number of halogens is 2. The molecule has 1 saturated carbocycles. The smallest absolute Gasteiger partial charge is 0.242 e. The van der Waals surface area contributed by atoms with Crippen molar-refractivity contribution in [2.24, 2.45) is 11.7 Å². The zero-order chi connectivity index (χ0) is 14.2. The molecule has 4 nitrogen and oxygen atoms in total. The molecule has 1 fully saturated rings. The Labute approximate surface area is 123 Å². The normalized spacial score (nSPS) is 23.2. The van der Waals surface area contributed by atoms with Gasteiger partial charge in [0.25, 0.3) is 0 Å². The van der Waals surface area contributed by atoms with Gasteiger partial charge in [-0.05, 0) is 36.5 Å². The molecular weight excluding hydrogens is 307 g/mol. The molecule has 0 bridgehead atoms. The highest BCUT2D eigenvalue weighted by molar-refractivity contribution is 7.89. The number of hydrogen-bond acceptors (Lipinski definition) is 3. The molecule has 0 unspecified atom stereocenters. The van der Waals surface area contributed by atoms with Crippen LogP contribution in [0.3, 0.4) is 0 Å². The van der Waals surface area contributed by atoms with Gasteiger partial charge in [-0.3, -0.25) is 0 Å². The quantitative estimate of drug-likeness (QED) is 0.894. The first-order valence-corrected chi connectivity index (χ1v) is 8.27. The average molecular weight is 323 g/mol. The summed E-state index contributed by atoms with van der Waals surface area (Å²) in [4.78, 5) is 0.0403. The summed E-state index contributed by atoms with van der Waals surface area (Å²) in [5.74, 6) is 0.563. The monoisotopic (exact) mass is 322 g/mol. The Bertz CT molecular complexity index is 584. The van der Waals surface area contributed by atoms with Gasteiger partial charge in [0.2, 0.25) is 10.0 Å². The van der Waals surface area contributed by atoms with Gasteiger partial charge in [-0.15, -0.1) is 0 Å². The van der Waals surface area contributed by atoms with Crippen LogP contribution < -0.4 is 10.5 Å². The summed E-state index contributed by atoms with van der Waals surface area (Å²) in [6, 6.07) is 2.85. The fraction of sp³-hybridized carbons (Fsp3) is 0.500. The minimum absolute atomic E-state index is 0.00642. The first-order valence-electron chi connectivity index (χ1n) is 6.04. The van der Waals surface area contributed by atoms with Crippen molar-refractivity contribution < 1.29 is 8.42 Å². The molecule has 2 rings (SSSR count). The number of rotatable bonds is 4. The Morgan fingerprint density at radius 3 is 2.47 bits per heavy atom. The van der Waals surface area contributed by atoms with Gasteiger partial charge in [0.1, 0.15) is 4.90 Å². The minimum atomic E-state index is -3.62.